The second-order valence-corrected chi connectivity index (χ2v) is 6.56. The van der Waals surface area contributed by atoms with E-state index in [-0.39, 0.29) is 29.8 Å². The Hall–Kier alpha value is -3.62. The monoisotopic (exact) mass is 413 g/mol. The summed E-state index contributed by atoms with van der Waals surface area (Å²) in [5.41, 5.74) is 1.38. The van der Waals surface area contributed by atoms with E-state index in [9.17, 15) is 18.7 Å². The van der Waals surface area contributed by atoms with Crippen LogP contribution in [0.2, 0.25) is 0 Å². The molecule has 0 aliphatic carbocycles. The summed E-state index contributed by atoms with van der Waals surface area (Å²) in [6, 6.07) is 10.7. The molecule has 3 aromatic rings. The van der Waals surface area contributed by atoms with Crippen LogP contribution in [-0.4, -0.2) is 46.0 Å². The first-order valence-electron chi connectivity index (χ1n) is 9.34. The minimum absolute atomic E-state index is 0.0898. The number of amides is 1. The van der Waals surface area contributed by atoms with E-state index in [1.807, 2.05) is 0 Å². The highest BCUT2D eigenvalue weighted by atomic mass is 19.1. The van der Waals surface area contributed by atoms with Crippen molar-refractivity contribution in [3.8, 4) is 17.0 Å². The first kappa shape index (κ1) is 21.1. The molecule has 3 rings (SSSR count). The highest BCUT2D eigenvalue weighted by Gasteiger charge is 2.13. The van der Waals surface area contributed by atoms with E-state index in [2.05, 4.69) is 25.8 Å². The molecule has 0 radical (unpaired) electrons. The quantitative estimate of drug-likeness (QED) is 0.525. The number of benzene rings is 1. The zero-order valence-corrected chi connectivity index (χ0v) is 16.3. The van der Waals surface area contributed by atoms with Gasteiger partial charge in [-0.2, -0.15) is 0 Å². The van der Waals surface area contributed by atoms with Gasteiger partial charge in [-0.3, -0.25) is 9.78 Å². The van der Waals surface area contributed by atoms with Crippen molar-refractivity contribution in [1.29, 1.82) is 0 Å². The number of hydrogen-bond donors (Lipinski definition) is 3. The molecule has 0 saturated heterocycles. The average Bonchev–Trinajstić information content (AvgIpc) is 2.76. The fourth-order valence-corrected chi connectivity index (χ4v) is 2.83. The zero-order chi connectivity index (χ0) is 21.5. The molecule has 1 atom stereocenters. The lowest BCUT2D eigenvalue weighted by atomic mass is 10.1. The third kappa shape index (κ3) is 5.25. The summed E-state index contributed by atoms with van der Waals surface area (Å²) < 4.78 is 27.6. The van der Waals surface area contributed by atoms with Gasteiger partial charge in [0, 0.05) is 31.8 Å². The van der Waals surface area contributed by atoms with Crippen LogP contribution < -0.4 is 10.6 Å². The summed E-state index contributed by atoms with van der Waals surface area (Å²) in [6.45, 7) is 0.295. The van der Waals surface area contributed by atoms with Gasteiger partial charge < -0.3 is 15.7 Å². The number of phenolic OH excluding ortho intramolecular Hbond substituents is 1. The molecule has 30 heavy (non-hydrogen) atoms. The third-order valence-electron chi connectivity index (χ3n) is 4.44. The van der Waals surface area contributed by atoms with Gasteiger partial charge in [0.1, 0.15) is 23.6 Å². The number of carbonyl (C=O) groups is 1. The van der Waals surface area contributed by atoms with E-state index in [0.717, 1.165) is 0 Å². The summed E-state index contributed by atoms with van der Waals surface area (Å²) in [7, 11) is 1.48. The number of phenols is 1. The molecule has 9 heteroatoms. The van der Waals surface area contributed by atoms with E-state index in [1.165, 1.54) is 37.5 Å². The van der Waals surface area contributed by atoms with Gasteiger partial charge in [-0.05, 0) is 48.9 Å². The lowest BCUT2D eigenvalue weighted by Gasteiger charge is -2.10. The van der Waals surface area contributed by atoms with E-state index < -0.39 is 17.9 Å². The van der Waals surface area contributed by atoms with Gasteiger partial charge >= 0.3 is 0 Å². The van der Waals surface area contributed by atoms with Gasteiger partial charge in [0.15, 0.2) is 0 Å². The molecule has 0 saturated carbocycles. The van der Waals surface area contributed by atoms with Gasteiger partial charge in [-0.25, -0.2) is 8.78 Å². The molecule has 3 N–H and O–H groups in total. The van der Waals surface area contributed by atoms with Gasteiger partial charge in [0.2, 0.25) is 0 Å². The number of aromatic nitrogens is 3. The number of carbonyl (C=O) groups excluding carboxylic acids is 1. The van der Waals surface area contributed by atoms with Crippen molar-refractivity contribution in [2.24, 2.45) is 0 Å². The Morgan fingerprint density at radius 1 is 1.20 bits per heavy atom. The lowest BCUT2D eigenvalue weighted by Crippen LogP contribution is -2.17. The van der Waals surface area contributed by atoms with Gasteiger partial charge in [-0.15, -0.1) is 10.2 Å². The number of nitrogens with zero attached hydrogens (tertiary/aromatic N) is 3. The maximum Gasteiger partial charge on any atom is 0.254 e. The number of nitrogens with one attached hydrogen (secondary N) is 2. The van der Waals surface area contributed by atoms with Crippen LogP contribution in [0.1, 0.15) is 22.5 Å². The predicted molar refractivity (Wildman–Crippen MR) is 108 cm³/mol. The van der Waals surface area contributed by atoms with E-state index in [1.54, 1.807) is 18.2 Å². The Morgan fingerprint density at radius 3 is 2.73 bits per heavy atom. The van der Waals surface area contributed by atoms with Crippen LogP contribution in [0.15, 0.2) is 48.7 Å². The molecular formula is C21H21F2N5O2. The molecule has 2 aromatic heterocycles. The first-order valence-corrected chi connectivity index (χ1v) is 9.34. The number of rotatable bonds is 8. The largest absolute Gasteiger partial charge is 0.507 e. The molecule has 0 aliphatic heterocycles. The highest BCUT2D eigenvalue weighted by molar-refractivity contribution is 5.97. The number of halogens is 2. The van der Waals surface area contributed by atoms with Gasteiger partial charge in [0.25, 0.3) is 5.91 Å². The average molecular weight is 413 g/mol. The molecule has 0 unspecified atom stereocenters. The molecule has 7 nitrogen and oxygen atoms in total. The minimum Gasteiger partial charge on any atom is -0.507 e. The standard InChI is InChI=1S/C21H21F2N5O2/c1-24-21(30)15-11-13(4-6-19(15)29)17-5-7-20(28-27-17)26-10-8-14(22)12-18-16(23)3-2-9-25-18/h2-7,9,11,14,29H,8,10,12H2,1H3,(H,24,30)(H,26,28)/t14-/m0/s1. The second-order valence-electron chi connectivity index (χ2n) is 6.56. The number of pyridine rings is 1. The van der Waals surface area contributed by atoms with Crippen LogP contribution >= 0.6 is 0 Å². The smallest absolute Gasteiger partial charge is 0.254 e. The van der Waals surface area contributed by atoms with Crippen LogP contribution in [0, 0.1) is 5.82 Å². The number of aromatic hydroxyl groups is 1. The molecule has 0 bridgehead atoms. The van der Waals surface area contributed by atoms with Gasteiger partial charge in [-0.1, -0.05) is 0 Å². The van der Waals surface area contributed by atoms with Crippen LogP contribution in [-0.2, 0) is 6.42 Å². The first-order chi connectivity index (χ1) is 14.5. The summed E-state index contributed by atoms with van der Waals surface area (Å²) in [5, 5.41) is 23.4. The maximum atomic E-state index is 14.1. The SMILES string of the molecule is CNC(=O)c1cc(-c2ccc(NCC[C@H](F)Cc3ncccc3F)nn2)ccc1O. The van der Waals surface area contributed by atoms with Crippen molar-refractivity contribution in [3.63, 3.8) is 0 Å². The van der Waals surface area contributed by atoms with Crippen molar-refractivity contribution in [3.05, 3.63) is 65.7 Å². The van der Waals surface area contributed by atoms with Gasteiger partial charge in [0.05, 0.1) is 17.0 Å². The Labute approximate surface area is 172 Å². The number of hydrogen-bond acceptors (Lipinski definition) is 6. The van der Waals surface area contributed by atoms with Crippen LogP contribution in [0.3, 0.4) is 0 Å². The fraction of sp³-hybridized carbons (Fsp3) is 0.238. The van der Waals surface area contributed by atoms with Crippen LogP contribution in [0.25, 0.3) is 11.3 Å². The number of alkyl halides is 1. The van der Waals surface area contributed by atoms with Crippen LogP contribution in [0.4, 0.5) is 14.6 Å². The Kier molecular flexibility index (Phi) is 6.84. The Balaban J connectivity index is 1.56. The molecule has 1 amide bonds. The summed E-state index contributed by atoms with van der Waals surface area (Å²) in [5.74, 6) is -0.591. The maximum absolute atomic E-state index is 14.1. The summed E-state index contributed by atoms with van der Waals surface area (Å²) in [6.07, 6.45) is 0.265. The van der Waals surface area contributed by atoms with Crippen molar-refractivity contribution in [1.82, 2.24) is 20.5 Å². The lowest BCUT2D eigenvalue weighted by molar-refractivity contribution is 0.0960. The molecule has 1 aromatic carbocycles. The zero-order valence-electron chi connectivity index (χ0n) is 16.3. The number of anilines is 1. The minimum atomic E-state index is -1.24. The molecule has 0 fully saturated rings. The van der Waals surface area contributed by atoms with E-state index in [4.69, 9.17) is 0 Å². The fourth-order valence-electron chi connectivity index (χ4n) is 2.83. The molecule has 0 spiro atoms. The van der Waals surface area contributed by atoms with Crippen LogP contribution in [0.5, 0.6) is 5.75 Å². The topological polar surface area (TPSA) is 100 Å². The normalized spacial score (nSPS) is 11.7. The highest BCUT2D eigenvalue weighted by Crippen LogP contribution is 2.25. The van der Waals surface area contributed by atoms with E-state index >= 15 is 0 Å². The van der Waals surface area contributed by atoms with E-state index in [0.29, 0.717) is 23.6 Å². The third-order valence-corrected chi connectivity index (χ3v) is 4.44. The molecule has 2 heterocycles. The molecule has 0 aliphatic rings. The molecular weight excluding hydrogens is 392 g/mol. The van der Waals surface area contributed by atoms with Crippen molar-refractivity contribution < 1.29 is 18.7 Å². The van der Waals surface area contributed by atoms with Crippen molar-refractivity contribution in [2.75, 3.05) is 18.9 Å². The molecule has 156 valence electrons. The summed E-state index contributed by atoms with van der Waals surface area (Å²) in [4.78, 5) is 15.7. The van der Waals surface area contributed by atoms with Crippen molar-refractivity contribution in [2.45, 2.75) is 19.0 Å². The Bertz CT molecular complexity index is 1010. The Morgan fingerprint density at radius 2 is 2.03 bits per heavy atom. The summed E-state index contributed by atoms with van der Waals surface area (Å²) >= 11 is 0. The second kappa shape index (κ2) is 9.73. The predicted octanol–water partition coefficient (Wildman–Crippen LogP) is 3.13. The van der Waals surface area contributed by atoms with Crippen molar-refractivity contribution >= 4 is 11.7 Å².